The molecule has 7 nitrogen and oxygen atoms in total. The topological polar surface area (TPSA) is 111 Å². The minimum Gasteiger partial charge on any atom is -0.486 e. The number of hydrogen-bond acceptors (Lipinski definition) is 7. The van der Waals surface area contributed by atoms with E-state index in [1.165, 1.54) is 6.33 Å². The van der Waals surface area contributed by atoms with E-state index in [4.69, 9.17) is 10.00 Å². The molecule has 3 N–H and O–H groups in total. The SMILES string of the molecule is Cc1cc(N[C@H]2C[C@@H](Oc3ccccc3C#N)[C@H](O)[C@@H]2O)ncn1. The zero-order valence-corrected chi connectivity index (χ0v) is 13.1. The molecule has 1 aromatic heterocycles. The van der Waals surface area contributed by atoms with Gasteiger partial charge in [-0.3, -0.25) is 0 Å². The van der Waals surface area contributed by atoms with E-state index in [0.717, 1.165) is 5.69 Å². The van der Waals surface area contributed by atoms with Crippen molar-refractivity contribution in [1.82, 2.24) is 9.97 Å². The van der Waals surface area contributed by atoms with Crippen molar-refractivity contribution in [2.24, 2.45) is 0 Å². The number of aliphatic hydroxyl groups excluding tert-OH is 2. The summed E-state index contributed by atoms with van der Waals surface area (Å²) in [6, 6.07) is 10.2. The van der Waals surface area contributed by atoms with Gasteiger partial charge in [0, 0.05) is 18.2 Å². The van der Waals surface area contributed by atoms with Crippen LogP contribution >= 0.6 is 0 Å². The van der Waals surface area contributed by atoms with Gasteiger partial charge >= 0.3 is 0 Å². The van der Waals surface area contributed by atoms with Crippen LogP contribution in [0.15, 0.2) is 36.7 Å². The number of nitriles is 1. The second-order valence-corrected chi connectivity index (χ2v) is 5.78. The third-order valence-electron chi connectivity index (χ3n) is 4.05. The van der Waals surface area contributed by atoms with Gasteiger partial charge in [-0.15, -0.1) is 0 Å². The molecule has 7 heteroatoms. The lowest BCUT2D eigenvalue weighted by molar-refractivity contribution is -0.0105. The molecule has 0 saturated heterocycles. The first-order valence-corrected chi connectivity index (χ1v) is 7.65. The molecule has 124 valence electrons. The minimum absolute atomic E-state index is 0.380. The van der Waals surface area contributed by atoms with E-state index >= 15 is 0 Å². The van der Waals surface area contributed by atoms with Gasteiger partial charge in [0.1, 0.15) is 42.3 Å². The highest BCUT2D eigenvalue weighted by atomic mass is 16.5. The Hall–Kier alpha value is -2.69. The highest BCUT2D eigenvalue weighted by molar-refractivity contribution is 5.43. The van der Waals surface area contributed by atoms with Crippen molar-refractivity contribution in [2.45, 2.75) is 37.7 Å². The number of para-hydroxylation sites is 1. The van der Waals surface area contributed by atoms with Crippen LogP contribution in [0, 0.1) is 18.3 Å². The lowest BCUT2D eigenvalue weighted by Gasteiger charge is -2.19. The second kappa shape index (κ2) is 6.83. The normalized spacial score (nSPS) is 25.9. The molecule has 0 unspecified atom stereocenters. The quantitative estimate of drug-likeness (QED) is 0.769. The summed E-state index contributed by atoms with van der Waals surface area (Å²) in [5.74, 6) is 0.978. The number of nitrogens with one attached hydrogen (secondary N) is 1. The zero-order chi connectivity index (χ0) is 17.1. The third kappa shape index (κ3) is 3.30. The standard InChI is InChI=1S/C17H18N4O3/c1-10-6-15(20-9-19-10)21-12-7-14(17(23)16(12)22)24-13-5-3-2-4-11(13)8-18/h2-6,9,12,14,16-17,22-23H,7H2,1H3,(H,19,20,21)/t12-,14+,16+,17-/m0/s1. The van der Waals surface area contributed by atoms with Gasteiger partial charge < -0.3 is 20.3 Å². The Morgan fingerprint density at radius 2 is 2.04 bits per heavy atom. The van der Waals surface area contributed by atoms with E-state index < -0.39 is 24.4 Å². The van der Waals surface area contributed by atoms with Crippen LogP contribution in [-0.4, -0.2) is 44.5 Å². The van der Waals surface area contributed by atoms with E-state index in [0.29, 0.717) is 23.6 Å². The molecule has 4 atom stereocenters. The Bertz CT molecular complexity index is 761. The van der Waals surface area contributed by atoms with Crippen LogP contribution in [0.1, 0.15) is 17.7 Å². The number of hydrogen-bond donors (Lipinski definition) is 3. The van der Waals surface area contributed by atoms with Crippen molar-refractivity contribution in [3.63, 3.8) is 0 Å². The average Bonchev–Trinajstić information content (AvgIpc) is 2.83. The molecule has 1 aliphatic carbocycles. The molecule has 3 rings (SSSR count). The number of aromatic nitrogens is 2. The second-order valence-electron chi connectivity index (χ2n) is 5.78. The number of benzene rings is 1. The summed E-state index contributed by atoms with van der Waals surface area (Å²) < 4.78 is 5.77. The maximum atomic E-state index is 10.3. The van der Waals surface area contributed by atoms with Crippen LogP contribution in [0.4, 0.5) is 5.82 Å². The summed E-state index contributed by atoms with van der Waals surface area (Å²) in [5.41, 5.74) is 1.19. The predicted molar refractivity (Wildman–Crippen MR) is 86.4 cm³/mol. The Morgan fingerprint density at radius 1 is 1.25 bits per heavy atom. The molecule has 0 aliphatic heterocycles. The molecule has 0 bridgehead atoms. The van der Waals surface area contributed by atoms with Gasteiger partial charge in [0.25, 0.3) is 0 Å². The van der Waals surface area contributed by atoms with Gasteiger partial charge in [0.05, 0.1) is 11.6 Å². The van der Waals surface area contributed by atoms with Crippen LogP contribution in [0.5, 0.6) is 5.75 Å². The molecular formula is C17H18N4O3. The summed E-state index contributed by atoms with van der Waals surface area (Å²) in [6.07, 6.45) is -0.857. The highest BCUT2D eigenvalue weighted by Crippen LogP contribution is 2.29. The van der Waals surface area contributed by atoms with Crippen LogP contribution in [0.25, 0.3) is 0 Å². The van der Waals surface area contributed by atoms with Gasteiger partial charge in [0.15, 0.2) is 0 Å². The number of rotatable bonds is 4. The van der Waals surface area contributed by atoms with Crippen molar-refractivity contribution >= 4 is 5.82 Å². The summed E-state index contributed by atoms with van der Waals surface area (Å²) in [6.45, 7) is 1.84. The molecular weight excluding hydrogens is 308 g/mol. The maximum Gasteiger partial charge on any atom is 0.137 e. The molecule has 1 aliphatic rings. The fourth-order valence-corrected chi connectivity index (χ4v) is 2.80. The molecule has 1 fully saturated rings. The fraction of sp³-hybridized carbons (Fsp3) is 0.353. The first-order chi connectivity index (χ1) is 11.6. The minimum atomic E-state index is -1.06. The van der Waals surface area contributed by atoms with Crippen molar-refractivity contribution in [3.05, 3.63) is 47.9 Å². The van der Waals surface area contributed by atoms with Gasteiger partial charge in [0.2, 0.25) is 0 Å². The molecule has 0 amide bonds. The lowest BCUT2D eigenvalue weighted by Crippen LogP contribution is -2.37. The molecule has 24 heavy (non-hydrogen) atoms. The third-order valence-corrected chi connectivity index (χ3v) is 4.05. The Labute approximate surface area is 139 Å². The molecule has 0 spiro atoms. The number of ether oxygens (including phenoxy) is 1. The Kier molecular flexibility index (Phi) is 4.60. The highest BCUT2D eigenvalue weighted by Gasteiger charge is 2.43. The smallest absolute Gasteiger partial charge is 0.137 e. The molecule has 1 saturated carbocycles. The number of aryl methyl sites for hydroxylation is 1. The molecule has 1 aromatic carbocycles. The number of anilines is 1. The first-order valence-electron chi connectivity index (χ1n) is 7.65. The summed E-state index contributed by atoms with van der Waals surface area (Å²) in [5, 5.41) is 32.7. The Balaban J connectivity index is 1.72. The van der Waals surface area contributed by atoms with E-state index in [-0.39, 0.29) is 0 Å². The van der Waals surface area contributed by atoms with Gasteiger partial charge in [-0.2, -0.15) is 5.26 Å². The van der Waals surface area contributed by atoms with Crippen LogP contribution in [0.2, 0.25) is 0 Å². The zero-order valence-electron chi connectivity index (χ0n) is 13.1. The average molecular weight is 326 g/mol. The van der Waals surface area contributed by atoms with Gasteiger partial charge in [-0.25, -0.2) is 9.97 Å². The van der Waals surface area contributed by atoms with E-state index in [9.17, 15) is 10.2 Å². The van der Waals surface area contributed by atoms with Gasteiger partial charge in [-0.05, 0) is 19.1 Å². The van der Waals surface area contributed by atoms with E-state index in [1.54, 1.807) is 30.3 Å². The Morgan fingerprint density at radius 3 is 2.79 bits per heavy atom. The lowest BCUT2D eigenvalue weighted by atomic mass is 10.2. The van der Waals surface area contributed by atoms with Crippen LogP contribution < -0.4 is 10.1 Å². The van der Waals surface area contributed by atoms with E-state index in [1.807, 2.05) is 6.92 Å². The maximum absolute atomic E-state index is 10.3. The molecule has 1 heterocycles. The van der Waals surface area contributed by atoms with E-state index in [2.05, 4.69) is 21.4 Å². The van der Waals surface area contributed by atoms with Crippen LogP contribution in [0.3, 0.4) is 0 Å². The first kappa shape index (κ1) is 16.2. The van der Waals surface area contributed by atoms with Crippen molar-refractivity contribution < 1.29 is 14.9 Å². The number of nitrogens with zero attached hydrogens (tertiary/aromatic N) is 3. The van der Waals surface area contributed by atoms with Crippen LogP contribution in [-0.2, 0) is 0 Å². The predicted octanol–water partition coefficient (Wildman–Crippen LogP) is 1.01. The monoisotopic (exact) mass is 326 g/mol. The van der Waals surface area contributed by atoms with Crippen molar-refractivity contribution in [2.75, 3.05) is 5.32 Å². The summed E-state index contributed by atoms with van der Waals surface area (Å²) in [4.78, 5) is 8.12. The largest absolute Gasteiger partial charge is 0.486 e. The summed E-state index contributed by atoms with van der Waals surface area (Å²) >= 11 is 0. The van der Waals surface area contributed by atoms with Crippen molar-refractivity contribution in [3.8, 4) is 11.8 Å². The molecule has 2 aromatic rings. The van der Waals surface area contributed by atoms with Gasteiger partial charge in [-0.1, -0.05) is 12.1 Å². The van der Waals surface area contributed by atoms with Crippen molar-refractivity contribution in [1.29, 1.82) is 5.26 Å². The number of aliphatic hydroxyl groups is 2. The summed E-state index contributed by atoms with van der Waals surface area (Å²) in [7, 11) is 0. The molecule has 0 radical (unpaired) electrons. The fourth-order valence-electron chi connectivity index (χ4n) is 2.80.